The van der Waals surface area contributed by atoms with E-state index in [-0.39, 0.29) is 6.04 Å². The first-order valence-electron chi connectivity index (χ1n) is 7.24. The average molecular weight is 316 g/mol. The summed E-state index contributed by atoms with van der Waals surface area (Å²) in [5, 5.41) is 1.72. The number of rotatable bonds is 6. The molecule has 1 heterocycles. The fraction of sp³-hybridized carbons (Fsp3) is 0.714. The van der Waals surface area contributed by atoms with Gasteiger partial charge in [0.05, 0.1) is 4.90 Å². The molecule has 2 rings (SSSR count). The molecule has 20 heavy (non-hydrogen) atoms. The Labute approximate surface area is 126 Å². The maximum absolute atomic E-state index is 12.9. The molecule has 0 spiro atoms. The van der Waals surface area contributed by atoms with E-state index in [0.717, 1.165) is 30.6 Å². The van der Waals surface area contributed by atoms with Gasteiger partial charge in [0.1, 0.15) is 0 Å². The normalized spacial score (nSPS) is 17.4. The lowest BCUT2D eigenvalue weighted by Crippen LogP contribution is -2.41. The van der Waals surface area contributed by atoms with Gasteiger partial charge in [-0.3, -0.25) is 0 Å². The number of nitrogens with two attached hydrogens (primary N) is 1. The largest absolute Gasteiger partial charge is 0.326 e. The second-order valence-corrected chi connectivity index (χ2v) is 8.75. The molecule has 1 aromatic rings. The highest BCUT2D eigenvalue weighted by Gasteiger charge is 2.34. The summed E-state index contributed by atoms with van der Waals surface area (Å²) in [5.41, 5.74) is 5.59. The molecule has 1 aliphatic carbocycles. The lowest BCUT2D eigenvalue weighted by Gasteiger charge is -2.29. The fourth-order valence-electron chi connectivity index (χ4n) is 2.73. The van der Waals surface area contributed by atoms with E-state index in [2.05, 4.69) is 13.8 Å². The van der Waals surface area contributed by atoms with Crippen LogP contribution in [0, 0.1) is 5.92 Å². The molecule has 2 N–H and O–H groups in total. The van der Waals surface area contributed by atoms with Crippen molar-refractivity contribution in [2.45, 2.75) is 57.0 Å². The molecule has 114 valence electrons. The monoisotopic (exact) mass is 316 g/mol. The molecule has 4 nitrogen and oxygen atoms in total. The smallest absolute Gasteiger partial charge is 0.244 e. The highest BCUT2D eigenvalue weighted by atomic mass is 32.2. The maximum atomic E-state index is 12.9. The van der Waals surface area contributed by atoms with E-state index in [1.807, 2.05) is 0 Å². The topological polar surface area (TPSA) is 63.4 Å². The molecule has 0 atom stereocenters. The van der Waals surface area contributed by atoms with Gasteiger partial charge >= 0.3 is 0 Å². The third-order valence-electron chi connectivity index (χ3n) is 3.71. The number of hydrogen-bond acceptors (Lipinski definition) is 4. The quantitative estimate of drug-likeness (QED) is 0.877. The van der Waals surface area contributed by atoms with Crippen molar-refractivity contribution >= 4 is 21.4 Å². The summed E-state index contributed by atoms with van der Waals surface area (Å²) in [7, 11) is -3.38. The third kappa shape index (κ3) is 3.42. The van der Waals surface area contributed by atoms with E-state index >= 15 is 0 Å². The van der Waals surface area contributed by atoms with Crippen molar-refractivity contribution in [2.75, 3.05) is 6.54 Å². The Bertz CT molecular complexity index is 531. The van der Waals surface area contributed by atoms with Crippen LogP contribution in [0.5, 0.6) is 0 Å². The summed E-state index contributed by atoms with van der Waals surface area (Å²) in [4.78, 5) is 1.33. The minimum absolute atomic E-state index is 0.170. The molecule has 1 saturated carbocycles. The van der Waals surface area contributed by atoms with E-state index < -0.39 is 10.0 Å². The van der Waals surface area contributed by atoms with Crippen molar-refractivity contribution in [1.82, 2.24) is 4.31 Å². The Morgan fingerprint density at radius 1 is 1.40 bits per heavy atom. The molecule has 0 aliphatic heterocycles. The second kappa shape index (κ2) is 6.56. The summed E-state index contributed by atoms with van der Waals surface area (Å²) >= 11 is 1.42. The molecule has 0 amide bonds. The van der Waals surface area contributed by atoms with E-state index in [1.165, 1.54) is 11.3 Å². The molecule has 0 bridgehead atoms. The highest BCUT2D eigenvalue weighted by Crippen LogP contribution is 2.31. The molecule has 1 aromatic heterocycles. The molecule has 1 fully saturated rings. The first kappa shape index (κ1) is 15.9. The molecule has 0 unspecified atom stereocenters. The predicted molar refractivity (Wildman–Crippen MR) is 83.2 cm³/mol. The van der Waals surface area contributed by atoms with Crippen molar-refractivity contribution in [3.8, 4) is 0 Å². The Morgan fingerprint density at radius 2 is 2.05 bits per heavy atom. The van der Waals surface area contributed by atoms with E-state index in [4.69, 9.17) is 5.73 Å². The summed E-state index contributed by atoms with van der Waals surface area (Å²) in [6, 6.07) is 1.89. The van der Waals surface area contributed by atoms with Crippen molar-refractivity contribution in [1.29, 1.82) is 0 Å². The van der Waals surface area contributed by atoms with Gasteiger partial charge in [0.15, 0.2) is 0 Å². The summed E-state index contributed by atoms with van der Waals surface area (Å²) in [6.45, 7) is 5.13. The van der Waals surface area contributed by atoms with Crippen LogP contribution in [0.15, 0.2) is 16.3 Å². The van der Waals surface area contributed by atoms with Gasteiger partial charge in [-0.15, -0.1) is 11.3 Å². The lowest BCUT2D eigenvalue weighted by molar-refractivity contribution is 0.292. The zero-order valence-corrected chi connectivity index (χ0v) is 13.8. The summed E-state index contributed by atoms with van der Waals surface area (Å²) < 4.78 is 27.5. The molecule has 0 saturated heterocycles. The van der Waals surface area contributed by atoms with Crippen molar-refractivity contribution in [2.24, 2.45) is 11.7 Å². The first-order chi connectivity index (χ1) is 9.45. The average Bonchev–Trinajstić information content (AvgIpc) is 3.06. The van der Waals surface area contributed by atoms with Crippen LogP contribution in [-0.2, 0) is 16.6 Å². The lowest BCUT2D eigenvalue weighted by atomic mass is 10.2. The Kier molecular flexibility index (Phi) is 5.23. The van der Waals surface area contributed by atoms with Gasteiger partial charge in [-0.05, 0) is 24.8 Å². The maximum Gasteiger partial charge on any atom is 0.244 e. The number of hydrogen-bond donors (Lipinski definition) is 1. The van der Waals surface area contributed by atoms with Crippen LogP contribution in [0.4, 0.5) is 0 Å². The van der Waals surface area contributed by atoms with Crippen LogP contribution >= 0.6 is 11.3 Å². The van der Waals surface area contributed by atoms with Gasteiger partial charge in [-0.2, -0.15) is 4.31 Å². The summed E-state index contributed by atoms with van der Waals surface area (Å²) in [6.07, 6.45) is 4.23. The van der Waals surface area contributed by atoms with Crippen LogP contribution < -0.4 is 5.73 Å². The predicted octanol–water partition coefficient (Wildman–Crippen LogP) is 2.80. The molecule has 1 aliphatic rings. The highest BCUT2D eigenvalue weighted by molar-refractivity contribution is 7.89. The standard InChI is InChI=1S/C14H24N2O2S2/c1-11(2)9-16(12-5-3-4-6-12)20(17,18)14-7-13(8-15)19-10-14/h7,10-12H,3-6,8-9,15H2,1-2H3. The van der Waals surface area contributed by atoms with Crippen molar-refractivity contribution in [3.05, 3.63) is 16.3 Å². The van der Waals surface area contributed by atoms with E-state index in [9.17, 15) is 8.42 Å². The van der Waals surface area contributed by atoms with Gasteiger partial charge in [0, 0.05) is 29.4 Å². The third-order valence-corrected chi connectivity index (χ3v) is 6.72. The molecular weight excluding hydrogens is 292 g/mol. The number of thiophene rings is 1. The van der Waals surface area contributed by atoms with Crippen molar-refractivity contribution in [3.63, 3.8) is 0 Å². The van der Waals surface area contributed by atoms with Crippen LogP contribution in [0.2, 0.25) is 0 Å². The Balaban J connectivity index is 2.29. The number of nitrogens with zero attached hydrogens (tertiary/aromatic N) is 1. The second-order valence-electron chi connectivity index (χ2n) is 5.86. The van der Waals surface area contributed by atoms with Gasteiger partial charge in [0.2, 0.25) is 10.0 Å². The van der Waals surface area contributed by atoms with Crippen molar-refractivity contribution < 1.29 is 8.42 Å². The van der Waals surface area contributed by atoms with E-state index in [0.29, 0.717) is 23.9 Å². The van der Waals surface area contributed by atoms with Crippen LogP contribution in [0.3, 0.4) is 0 Å². The van der Waals surface area contributed by atoms with Gasteiger partial charge in [-0.25, -0.2) is 8.42 Å². The van der Waals surface area contributed by atoms with Crippen LogP contribution in [0.1, 0.15) is 44.4 Å². The zero-order chi connectivity index (χ0) is 14.8. The van der Waals surface area contributed by atoms with Gasteiger partial charge in [-0.1, -0.05) is 26.7 Å². The first-order valence-corrected chi connectivity index (χ1v) is 9.56. The van der Waals surface area contributed by atoms with Crippen LogP contribution in [0.25, 0.3) is 0 Å². The Hall–Kier alpha value is -0.430. The fourth-order valence-corrected chi connectivity index (χ4v) is 5.73. The molecule has 0 aromatic carbocycles. The van der Waals surface area contributed by atoms with E-state index in [1.54, 1.807) is 15.8 Å². The minimum atomic E-state index is -3.38. The van der Waals surface area contributed by atoms with Gasteiger partial charge < -0.3 is 5.73 Å². The molecule has 6 heteroatoms. The van der Waals surface area contributed by atoms with Crippen LogP contribution in [-0.4, -0.2) is 25.3 Å². The minimum Gasteiger partial charge on any atom is -0.326 e. The zero-order valence-electron chi connectivity index (χ0n) is 12.2. The summed E-state index contributed by atoms with van der Waals surface area (Å²) in [5.74, 6) is 0.331. The molecular formula is C14H24N2O2S2. The molecule has 0 radical (unpaired) electrons. The SMILES string of the molecule is CC(C)CN(C1CCCC1)S(=O)(=O)c1csc(CN)c1. The number of sulfonamides is 1. The Morgan fingerprint density at radius 3 is 2.55 bits per heavy atom. The van der Waals surface area contributed by atoms with Gasteiger partial charge in [0.25, 0.3) is 0 Å².